The zero-order valence-corrected chi connectivity index (χ0v) is 17.9. The van der Waals surface area contributed by atoms with Crippen molar-refractivity contribution in [1.29, 1.82) is 0 Å². The highest BCUT2D eigenvalue weighted by molar-refractivity contribution is 6.07. The fraction of sp³-hybridized carbons (Fsp3) is 0.375. The Bertz CT molecular complexity index is 1000. The van der Waals surface area contributed by atoms with E-state index in [9.17, 15) is 14.4 Å². The number of benzene rings is 1. The molecule has 2 heterocycles. The smallest absolute Gasteiger partial charge is 0.336 e. The molecule has 1 N–H and O–H groups in total. The average molecular weight is 422 g/mol. The van der Waals surface area contributed by atoms with Crippen molar-refractivity contribution in [1.82, 2.24) is 10.2 Å². The van der Waals surface area contributed by atoms with Gasteiger partial charge in [-0.25, -0.2) is 4.79 Å². The van der Waals surface area contributed by atoms with Crippen LogP contribution in [0.15, 0.2) is 59.5 Å². The summed E-state index contributed by atoms with van der Waals surface area (Å²) in [5, 5.41) is 2.77. The molecule has 3 aliphatic rings. The van der Waals surface area contributed by atoms with Gasteiger partial charge in [-0.1, -0.05) is 45.1 Å². The van der Waals surface area contributed by atoms with Gasteiger partial charge in [0.2, 0.25) is 5.88 Å². The second-order valence-corrected chi connectivity index (χ2v) is 8.15. The summed E-state index contributed by atoms with van der Waals surface area (Å²) in [6, 6.07) is 6.79. The molecule has 0 spiro atoms. The predicted octanol–water partition coefficient (Wildman–Crippen LogP) is 2.81. The molecule has 1 aromatic carbocycles. The number of allylic oxidation sites excluding steroid dienone is 3. The van der Waals surface area contributed by atoms with Crippen molar-refractivity contribution in [3.05, 3.63) is 65.1 Å². The quantitative estimate of drug-likeness (QED) is 0.683. The number of esters is 1. The molecular weight excluding hydrogens is 396 g/mol. The average Bonchev–Trinajstić information content (AvgIpc) is 3.24. The highest BCUT2D eigenvalue weighted by atomic mass is 16.6. The SMILES string of the molecule is CCCNC(=O)COc1ccc(C2C=CC=C3C(=O)N4C(=C32)OC(=O)C4C(C)C)cc1. The van der Waals surface area contributed by atoms with Crippen LogP contribution in [0.5, 0.6) is 5.75 Å². The first-order chi connectivity index (χ1) is 14.9. The Morgan fingerprint density at radius 2 is 1.97 bits per heavy atom. The molecule has 2 atom stereocenters. The molecule has 1 aromatic rings. The van der Waals surface area contributed by atoms with Crippen LogP contribution in [-0.2, 0) is 19.1 Å². The van der Waals surface area contributed by atoms with Gasteiger partial charge in [0, 0.05) is 23.6 Å². The van der Waals surface area contributed by atoms with Crippen LogP contribution in [0.4, 0.5) is 0 Å². The maximum absolute atomic E-state index is 13.0. The van der Waals surface area contributed by atoms with E-state index in [-0.39, 0.29) is 36.2 Å². The Labute approximate surface area is 181 Å². The van der Waals surface area contributed by atoms with E-state index in [0.29, 0.717) is 23.8 Å². The van der Waals surface area contributed by atoms with Gasteiger partial charge >= 0.3 is 5.97 Å². The summed E-state index contributed by atoms with van der Waals surface area (Å²) in [5.41, 5.74) is 2.22. The molecule has 0 saturated carbocycles. The zero-order chi connectivity index (χ0) is 22.1. The molecule has 0 aromatic heterocycles. The number of amides is 2. The van der Waals surface area contributed by atoms with Crippen LogP contribution in [0.1, 0.15) is 38.7 Å². The summed E-state index contributed by atoms with van der Waals surface area (Å²) in [7, 11) is 0. The minimum atomic E-state index is -0.600. The topological polar surface area (TPSA) is 84.9 Å². The summed E-state index contributed by atoms with van der Waals surface area (Å²) in [6.45, 7) is 6.38. The Balaban J connectivity index is 1.55. The number of carbonyl (C=O) groups is 3. The molecular formula is C24H26N2O5. The molecule has 0 radical (unpaired) electrons. The number of carbonyl (C=O) groups excluding carboxylic acids is 3. The van der Waals surface area contributed by atoms with Gasteiger partial charge in [-0.05, 0) is 36.1 Å². The van der Waals surface area contributed by atoms with E-state index < -0.39 is 6.04 Å². The minimum Gasteiger partial charge on any atom is -0.484 e. The van der Waals surface area contributed by atoms with Crippen molar-refractivity contribution < 1.29 is 23.9 Å². The van der Waals surface area contributed by atoms with Crippen molar-refractivity contribution >= 4 is 17.8 Å². The third-order valence-electron chi connectivity index (χ3n) is 5.60. The zero-order valence-electron chi connectivity index (χ0n) is 17.9. The summed E-state index contributed by atoms with van der Waals surface area (Å²) < 4.78 is 11.1. The normalized spacial score (nSPS) is 21.8. The van der Waals surface area contributed by atoms with Gasteiger partial charge < -0.3 is 14.8 Å². The fourth-order valence-corrected chi connectivity index (χ4v) is 4.10. The molecule has 0 bridgehead atoms. The van der Waals surface area contributed by atoms with Crippen LogP contribution in [-0.4, -0.2) is 41.9 Å². The molecule has 31 heavy (non-hydrogen) atoms. The molecule has 7 nitrogen and oxygen atoms in total. The van der Waals surface area contributed by atoms with Crippen LogP contribution in [0, 0.1) is 5.92 Å². The number of hydrogen-bond donors (Lipinski definition) is 1. The number of ether oxygens (including phenoxy) is 2. The van der Waals surface area contributed by atoms with Crippen molar-refractivity contribution in [2.75, 3.05) is 13.2 Å². The number of nitrogens with one attached hydrogen (secondary N) is 1. The van der Waals surface area contributed by atoms with Gasteiger partial charge in [0.1, 0.15) is 11.8 Å². The summed E-state index contributed by atoms with van der Waals surface area (Å²) in [6.07, 6.45) is 6.49. The minimum absolute atomic E-state index is 0.0408. The van der Waals surface area contributed by atoms with E-state index in [1.807, 2.05) is 45.1 Å². The van der Waals surface area contributed by atoms with Gasteiger partial charge in [0.15, 0.2) is 6.61 Å². The molecule has 162 valence electrons. The molecule has 7 heteroatoms. The predicted molar refractivity (Wildman–Crippen MR) is 114 cm³/mol. The Morgan fingerprint density at radius 1 is 1.23 bits per heavy atom. The first kappa shape index (κ1) is 20.9. The highest BCUT2D eigenvalue weighted by Crippen LogP contribution is 2.46. The van der Waals surface area contributed by atoms with Crippen molar-refractivity contribution in [3.63, 3.8) is 0 Å². The largest absolute Gasteiger partial charge is 0.484 e. The third kappa shape index (κ3) is 3.76. The Hall–Kier alpha value is -3.35. The van der Waals surface area contributed by atoms with E-state index in [2.05, 4.69) is 5.32 Å². The van der Waals surface area contributed by atoms with Crippen molar-refractivity contribution in [2.24, 2.45) is 5.92 Å². The molecule has 2 amide bonds. The standard InChI is InChI=1S/C24H26N2O5/c1-4-12-25-19(27)13-30-16-10-8-15(9-11-16)17-6-5-7-18-20(17)23-26(22(18)28)21(14(2)3)24(29)31-23/h5-11,14,17,21H,4,12-13H2,1-3H3,(H,25,27). The van der Waals surface area contributed by atoms with E-state index >= 15 is 0 Å². The Kier molecular flexibility index (Phi) is 5.67. The second kappa shape index (κ2) is 8.41. The van der Waals surface area contributed by atoms with Gasteiger partial charge in [-0.15, -0.1) is 0 Å². The lowest BCUT2D eigenvalue weighted by atomic mass is 9.84. The lowest BCUT2D eigenvalue weighted by Crippen LogP contribution is -2.39. The lowest BCUT2D eigenvalue weighted by Gasteiger charge is -2.20. The number of hydrogen-bond acceptors (Lipinski definition) is 5. The van der Waals surface area contributed by atoms with E-state index in [4.69, 9.17) is 9.47 Å². The van der Waals surface area contributed by atoms with Gasteiger partial charge in [0.25, 0.3) is 11.8 Å². The molecule has 2 aliphatic heterocycles. The molecule has 1 aliphatic carbocycles. The summed E-state index contributed by atoms with van der Waals surface area (Å²) in [4.78, 5) is 38.6. The first-order valence-electron chi connectivity index (χ1n) is 10.6. The van der Waals surface area contributed by atoms with Gasteiger partial charge in [-0.2, -0.15) is 0 Å². The first-order valence-corrected chi connectivity index (χ1v) is 10.6. The summed E-state index contributed by atoms with van der Waals surface area (Å²) >= 11 is 0. The fourth-order valence-electron chi connectivity index (χ4n) is 4.10. The highest BCUT2D eigenvalue weighted by Gasteiger charge is 2.52. The van der Waals surface area contributed by atoms with Gasteiger partial charge in [-0.3, -0.25) is 14.5 Å². The summed E-state index contributed by atoms with van der Waals surface area (Å²) in [5.74, 6) is -0.0696. The van der Waals surface area contributed by atoms with E-state index in [0.717, 1.165) is 17.6 Å². The van der Waals surface area contributed by atoms with Crippen molar-refractivity contribution in [2.45, 2.75) is 39.2 Å². The maximum atomic E-state index is 13.0. The van der Waals surface area contributed by atoms with Crippen LogP contribution >= 0.6 is 0 Å². The second-order valence-electron chi connectivity index (χ2n) is 8.15. The van der Waals surface area contributed by atoms with Gasteiger partial charge in [0.05, 0.1) is 0 Å². The molecule has 4 rings (SSSR count). The molecule has 1 fully saturated rings. The van der Waals surface area contributed by atoms with Crippen LogP contribution in [0.25, 0.3) is 0 Å². The van der Waals surface area contributed by atoms with Crippen LogP contribution in [0.3, 0.4) is 0 Å². The monoisotopic (exact) mass is 422 g/mol. The van der Waals surface area contributed by atoms with E-state index in [1.165, 1.54) is 4.90 Å². The van der Waals surface area contributed by atoms with Crippen molar-refractivity contribution in [3.8, 4) is 5.75 Å². The maximum Gasteiger partial charge on any atom is 0.336 e. The number of nitrogens with zero attached hydrogens (tertiary/aromatic N) is 1. The van der Waals surface area contributed by atoms with Crippen LogP contribution < -0.4 is 10.1 Å². The van der Waals surface area contributed by atoms with E-state index in [1.54, 1.807) is 18.2 Å². The number of fused-ring (bicyclic) bond motifs is 2. The van der Waals surface area contributed by atoms with Crippen LogP contribution in [0.2, 0.25) is 0 Å². The molecule has 1 saturated heterocycles. The molecule has 2 unspecified atom stereocenters. The lowest BCUT2D eigenvalue weighted by molar-refractivity contribution is -0.139. The Morgan fingerprint density at radius 3 is 2.65 bits per heavy atom. The third-order valence-corrected chi connectivity index (χ3v) is 5.60. The number of rotatable bonds is 7.